The summed E-state index contributed by atoms with van der Waals surface area (Å²) < 4.78 is 19.5. The summed E-state index contributed by atoms with van der Waals surface area (Å²) in [4.78, 5) is 0. The van der Waals surface area contributed by atoms with Gasteiger partial charge in [0.2, 0.25) is 11.8 Å². The van der Waals surface area contributed by atoms with E-state index < -0.39 is 22.7 Å². The highest BCUT2D eigenvalue weighted by atomic mass is 35.5. The zero-order chi connectivity index (χ0) is 31.8. The largest absolute Gasteiger partial charge is 0.543 e. The number of nitrogens with one attached hydrogen (secondary N) is 1. The van der Waals surface area contributed by atoms with Crippen LogP contribution in [0.4, 0.5) is 5.69 Å². The van der Waals surface area contributed by atoms with E-state index >= 15 is 0 Å². The minimum atomic E-state index is -2.15. The molecule has 0 bridgehead atoms. The van der Waals surface area contributed by atoms with Crippen molar-refractivity contribution in [2.45, 2.75) is 104 Å². The lowest BCUT2D eigenvalue weighted by Gasteiger charge is -2.40. The van der Waals surface area contributed by atoms with Crippen LogP contribution in [0.25, 0.3) is 11.5 Å². The van der Waals surface area contributed by atoms with Gasteiger partial charge < -0.3 is 18.6 Å². The molecule has 0 spiro atoms. The average molecular weight is 648 g/mol. The molecule has 0 saturated heterocycles. The standard InChI is InChI=1S/C31H44Cl2N4O3Si2/c1-19-24(15-13-22(18-34)26(19)33)35-27(20(2)39-41(9,10)30(3,4)5)29-37-36-28(38-29)21-14-16-25(23(32)17-21)40-42(11,12)31(6,7)8/h13-17,20,27,35H,1-12H3/t20-,27+/m0/s1. The highest BCUT2D eigenvalue weighted by Gasteiger charge is 2.41. The van der Waals surface area contributed by atoms with Crippen molar-refractivity contribution < 1.29 is 13.3 Å². The van der Waals surface area contributed by atoms with Gasteiger partial charge in [-0.25, -0.2) is 0 Å². The van der Waals surface area contributed by atoms with Crippen LogP contribution in [0.15, 0.2) is 34.7 Å². The number of hydrogen-bond acceptors (Lipinski definition) is 7. The Labute approximate surface area is 263 Å². The van der Waals surface area contributed by atoms with Gasteiger partial charge >= 0.3 is 0 Å². The van der Waals surface area contributed by atoms with Gasteiger partial charge in [0.25, 0.3) is 8.32 Å². The normalized spacial score (nSPS) is 14.3. The van der Waals surface area contributed by atoms with E-state index in [0.717, 1.165) is 11.3 Å². The summed E-state index contributed by atoms with van der Waals surface area (Å²) in [5.41, 5.74) is 2.61. The van der Waals surface area contributed by atoms with Crippen molar-refractivity contribution in [3.63, 3.8) is 0 Å². The second-order valence-electron chi connectivity index (χ2n) is 13.9. The number of anilines is 1. The fraction of sp³-hybridized carbons (Fsp3) is 0.516. The van der Waals surface area contributed by atoms with Gasteiger partial charge in [-0.15, -0.1) is 10.2 Å². The third-order valence-corrected chi connectivity index (χ3v) is 18.3. The van der Waals surface area contributed by atoms with Gasteiger partial charge in [0.15, 0.2) is 8.32 Å². The Morgan fingerprint density at radius 1 is 0.952 bits per heavy atom. The van der Waals surface area contributed by atoms with Crippen LogP contribution in [-0.2, 0) is 4.43 Å². The monoisotopic (exact) mass is 646 g/mol. The number of halogens is 2. The zero-order valence-corrected chi connectivity index (χ0v) is 30.4. The Bertz CT molecular complexity index is 1470. The van der Waals surface area contributed by atoms with Crippen molar-refractivity contribution in [1.82, 2.24) is 10.2 Å². The SMILES string of the molecule is Cc1c(N[C@@H](c2nnc(-c3ccc(O[Si](C)(C)C(C)(C)C)c(Cl)c3)o2)[C@H](C)O[Si](C)(C)C(C)(C)C)ccc(C#N)c1Cl. The Morgan fingerprint density at radius 3 is 2.12 bits per heavy atom. The Hall–Kier alpha value is -2.36. The van der Waals surface area contributed by atoms with Crippen LogP contribution in [0.3, 0.4) is 0 Å². The summed E-state index contributed by atoms with van der Waals surface area (Å²) in [6.45, 7) is 25.8. The number of nitrogens with zero attached hydrogens (tertiary/aromatic N) is 3. The molecule has 1 aromatic heterocycles. The van der Waals surface area contributed by atoms with E-state index in [9.17, 15) is 5.26 Å². The molecule has 0 aliphatic rings. The zero-order valence-electron chi connectivity index (χ0n) is 26.9. The van der Waals surface area contributed by atoms with Crippen LogP contribution in [0.5, 0.6) is 5.75 Å². The summed E-state index contributed by atoms with van der Waals surface area (Å²) >= 11 is 13.2. The molecule has 0 unspecified atom stereocenters. The van der Waals surface area contributed by atoms with Gasteiger partial charge in [-0.1, -0.05) is 64.7 Å². The van der Waals surface area contributed by atoms with E-state index in [1.165, 1.54) is 0 Å². The molecular weight excluding hydrogens is 603 g/mol. The molecule has 3 aromatic rings. The Morgan fingerprint density at radius 2 is 1.57 bits per heavy atom. The number of hydrogen-bond donors (Lipinski definition) is 1. The Balaban J connectivity index is 1.99. The minimum absolute atomic E-state index is 0.00442. The lowest BCUT2D eigenvalue weighted by atomic mass is 10.1. The minimum Gasteiger partial charge on any atom is -0.543 e. The maximum absolute atomic E-state index is 9.41. The summed E-state index contributed by atoms with van der Waals surface area (Å²) in [6.07, 6.45) is -0.322. The van der Waals surface area contributed by atoms with E-state index in [1.54, 1.807) is 12.1 Å². The fourth-order valence-electron chi connectivity index (χ4n) is 3.81. The van der Waals surface area contributed by atoms with Gasteiger partial charge in [0.05, 0.1) is 21.7 Å². The van der Waals surface area contributed by atoms with E-state index in [-0.39, 0.29) is 16.2 Å². The molecular formula is C31H44Cl2N4O3Si2. The number of benzene rings is 2. The summed E-state index contributed by atoms with van der Waals surface area (Å²) in [5.74, 6) is 1.36. The first-order valence-corrected chi connectivity index (χ1v) is 20.7. The van der Waals surface area contributed by atoms with Crippen molar-refractivity contribution in [3.8, 4) is 23.3 Å². The molecule has 11 heteroatoms. The maximum Gasteiger partial charge on any atom is 0.250 e. The van der Waals surface area contributed by atoms with Gasteiger partial charge in [-0.2, -0.15) is 5.26 Å². The average Bonchev–Trinajstić information content (AvgIpc) is 3.34. The van der Waals surface area contributed by atoms with Crippen LogP contribution in [0.1, 0.15) is 71.5 Å². The van der Waals surface area contributed by atoms with Gasteiger partial charge in [-0.3, -0.25) is 0 Å². The molecule has 7 nitrogen and oxygen atoms in total. The van der Waals surface area contributed by atoms with Gasteiger partial charge in [0.1, 0.15) is 17.9 Å². The van der Waals surface area contributed by atoms with Crippen LogP contribution in [0.2, 0.25) is 46.3 Å². The topological polar surface area (TPSA) is 93.2 Å². The van der Waals surface area contributed by atoms with Crippen molar-refractivity contribution in [3.05, 3.63) is 57.4 Å². The van der Waals surface area contributed by atoms with Crippen LogP contribution in [-0.4, -0.2) is 32.9 Å². The molecule has 42 heavy (non-hydrogen) atoms. The molecule has 2 atom stereocenters. The van der Waals surface area contributed by atoms with E-state index in [0.29, 0.717) is 38.7 Å². The highest BCUT2D eigenvalue weighted by molar-refractivity contribution is 6.75. The van der Waals surface area contributed by atoms with Gasteiger partial charge in [-0.05, 0) is 86.0 Å². The van der Waals surface area contributed by atoms with E-state index in [1.807, 2.05) is 32.0 Å². The first-order valence-electron chi connectivity index (χ1n) is 14.1. The first kappa shape index (κ1) is 34.1. The highest BCUT2D eigenvalue weighted by Crippen LogP contribution is 2.42. The first-order chi connectivity index (χ1) is 19.2. The van der Waals surface area contributed by atoms with Crippen molar-refractivity contribution in [1.29, 1.82) is 5.26 Å². The third-order valence-electron chi connectivity index (χ3n) is 8.63. The molecule has 0 aliphatic carbocycles. The lowest BCUT2D eigenvalue weighted by molar-refractivity contribution is 0.166. The molecule has 0 radical (unpaired) electrons. The van der Waals surface area contributed by atoms with Crippen LogP contribution in [0, 0.1) is 18.3 Å². The maximum atomic E-state index is 9.41. The van der Waals surface area contributed by atoms with Gasteiger partial charge in [0, 0.05) is 11.3 Å². The number of nitriles is 1. The summed E-state index contributed by atoms with van der Waals surface area (Å²) in [6, 6.07) is 10.7. The molecule has 2 aromatic carbocycles. The second-order valence-corrected chi connectivity index (χ2v) is 24.1. The lowest BCUT2D eigenvalue weighted by Crippen LogP contribution is -2.45. The van der Waals surface area contributed by atoms with Crippen LogP contribution < -0.4 is 9.74 Å². The summed E-state index contributed by atoms with van der Waals surface area (Å²) in [5, 5.41) is 22.7. The molecule has 0 saturated carbocycles. The smallest absolute Gasteiger partial charge is 0.250 e. The number of rotatable bonds is 9. The van der Waals surface area contributed by atoms with Crippen LogP contribution >= 0.6 is 23.2 Å². The molecule has 1 heterocycles. The third kappa shape index (κ3) is 7.40. The van der Waals surface area contributed by atoms with E-state index in [4.69, 9.17) is 36.5 Å². The number of aromatic nitrogens is 2. The van der Waals surface area contributed by atoms with Crippen molar-refractivity contribution in [2.24, 2.45) is 0 Å². The molecule has 0 fully saturated rings. The Kier molecular flexibility index (Phi) is 10.0. The van der Waals surface area contributed by atoms with Crippen molar-refractivity contribution >= 4 is 45.5 Å². The quantitative estimate of drug-likeness (QED) is 0.231. The molecule has 1 N–H and O–H groups in total. The van der Waals surface area contributed by atoms with Crippen molar-refractivity contribution in [2.75, 3.05) is 5.32 Å². The van der Waals surface area contributed by atoms with E-state index in [2.05, 4.69) is 89.3 Å². The fourth-order valence-corrected chi connectivity index (χ4v) is 6.75. The molecule has 3 rings (SSSR count). The summed E-state index contributed by atoms with van der Waals surface area (Å²) in [7, 11) is -4.22. The molecule has 0 aliphatic heterocycles. The predicted molar refractivity (Wildman–Crippen MR) is 178 cm³/mol. The predicted octanol–water partition coefficient (Wildman–Crippen LogP) is 10.2. The molecule has 0 amide bonds. The molecule has 228 valence electrons. The second kappa shape index (κ2) is 12.3.